The summed E-state index contributed by atoms with van der Waals surface area (Å²) in [6, 6.07) is 12.0. The van der Waals surface area contributed by atoms with E-state index >= 15 is 0 Å². The molecule has 1 fully saturated rings. The molecule has 1 aliphatic rings. The molecule has 34 heavy (non-hydrogen) atoms. The molecule has 10 heteroatoms. The second-order valence-corrected chi connectivity index (χ2v) is 10.5. The molecule has 0 aromatic heterocycles. The number of halogens is 1. The monoisotopic (exact) mass is 507 g/mol. The van der Waals surface area contributed by atoms with Crippen molar-refractivity contribution in [2.75, 3.05) is 26.7 Å². The number of sulfonamides is 1. The van der Waals surface area contributed by atoms with Crippen LogP contribution in [0.15, 0.2) is 53.4 Å². The first-order chi connectivity index (χ1) is 16.3. The van der Waals surface area contributed by atoms with Crippen molar-refractivity contribution in [2.45, 2.75) is 37.1 Å². The minimum Gasteiger partial charge on any atom is -0.497 e. The van der Waals surface area contributed by atoms with Crippen molar-refractivity contribution in [3.63, 3.8) is 0 Å². The van der Waals surface area contributed by atoms with Gasteiger partial charge < -0.3 is 15.4 Å². The van der Waals surface area contributed by atoms with Crippen molar-refractivity contribution < 1.29 is 22.7 Å². The van der Waals surface area contributed by atoms with E-state index in [0.717, 1.165) is 6.42 Å². The van der Waals surface area contributed by atoms with Gasteiger partial charge in [-0.05, 0) is 67.6 Å². The number of carbonyl (C=O) groups is 2. The molecule has 1 aliphatic heterocycles. The van der Waals surface area contributed by atoms with Crippen molar-refractivity contribution in [2.24, 2.45) is 5.92 Å². The number of nitrogens with zero attached hydrogens (tertiary/aromatic N) is 1. The largest absolute Gasteiger partial charge is 0.497 e. The van der Waals surface area contributed by atoms with Crippen molar-refractivity contribution in [3.8, 4) is 5.75 Å². The summed E-state index contributed by atoms with van der Waals surface area (Å²) >= 11 is 5.88. The molecule has 1 saturated heterocycles. The highest BCUT2D eigenvalue weighted by atomic mass is 35.5. The van der Waals surface area contributed by atoms with Crippen LogP contribution in [0, 0.1) is 5.92 Å². The lowest BCUT2D eigenvalue weighted by molar-refractivity contribution is -0.124. The number of rotatable bonds is 9. The van der Waals surface area contributed by atoms with Gasteiger partial charge in [0.05, 0.1) is 12.0 Å². The number of hydrogen-bond donors (Lipinski definition) is 2. The zero-order chi connectivity index (χ0) is 24.7. The molecular formula is C24H30ClN3O5S. The molecule has 0 bridgehead atoms. The third kappa shape index (κ3) is 6.28. The highest BCUT2D eigenvalue weighted by Crippen LogP contribution is 2.27. The van der Waals surface area contributed by atoms with Crippen LogP contribution in [-0.2, 0) is 14.8 Å². The van der Waals surface area contributed by atoms with Gasteiger partial charge >= 0.3 is 0 Å². The van der Waals surface area contributed by atoms with Gasteiger partial charge in [0.2, 0.25) is 15.9 Å². The standard InChI is InChI=1S/C24H30ClN3O5S/c1-3-13-26-24(30)22(27-23(29)18-5-4-6-20(16-18)33-2)17-11-14-28(15-12-17)34(31,32)21-9-7-19(25)8-10-21/h4-10,16-17,22H,3,11-15H2,1-2H3,(H,26,30)(H,27,29). The minimum absolute atomic E-state index is 0.180. The number of amides is 2. The molecule has 0 spiro atoms. The predicted molar refractivity (Wildman–Crippen MR) is 130 cm³/mol. The third-order valence-corrected chi connectivity index (χ3v) is 8.04. The Labute approximate surface area is 205 Å². The second-order valence-electron chi connectivity index (χ2n) is 8.17. The quantitative estimate of drug-likeness (QED) is 0.542. The fraction of sp³-hybridized carbons (Fsp3) is 0.417. The average molecular weight is 508 g/mol. The molecule has 8 nitrogen and oxygen atoms in total. The Morgan fingerprint density at radius 1 is 1.15 bits per heavy atom. The maximum absolute atomic E-state index is 13.0. The van der Waals surface area contributed by atoms with E-state index < -0.39 is 16.1 Å². The van der Waals surface area contributed by atoms with Crippen molar-refractivity contribution in [3.05, 3.63) is 59.1 Å². The SMILES string of the molecule is CCCNC(=O)C(NC(=O)c1cccc(OC)c1)C1CCN(S(=O)(=O)c2ccc(Cl)cc2)CC1. The summed E-state index contributed by atoms with van der Waals surface area (Å²) in [6.45, 7) is 2.95. The first-order valence-electron chi connectivity index (χ1n) is 11.2. The molecule has 2 N–H and O–H groups in total. The van der Waals surface area contributed by atoms with E-state index in [1.54, 1.807) is 36.4 Å². The fourth-order valence-electron chi connectivity index (χ4n) is 3.95. The van der Waals surface area contributed by atoms with Gasteiger partial charge in [0.1, 0.15) is 11.8 Å². The van der Waals surface area contributed by atoms with Gasteiger partial charge in [-0.2, -0.15) is 4.31 Å². The maximum atomic E-state index is 13.0. The molecule has 2 amide bonds. The molecule has 0 radical (unpaired) electrons. The van der Waals surface area contributed by atoms with E-state index in [0.29, 0.717) is 35.7 Å². The van der Waals surface area contributed by atoms with Crippen molar-refractivity contribution in [1.82, 2.24) is 14.9 Å². The Balaban J connectivity index is 1.72. The minimum atomic E-state index is -3.66. The first-order valence-corrected chi connectivity index (χ1v) is 13.1. The third-order valence-electron chi connectivity index (χ3n) is 5.87. The smallest absolute Gasteiger partial charge is 0.252 e. The Kier molecular flexibility index (Phi) is 8.93. The summed E-state index contributed by atoms with van der Waals surface area (Å²) < 4.78 is 32.6. The highest BCUT2D eigenvalue weighted by molar-refractivity contribution is 7.89. The predicted octanol–water partition coefficient (Wildman–Crippen LogP) is 3.07. The zero-order valence-corrected chi connectivity index (χ0v) is 20.9. The highest BCUT2D eigenvalue weighted by Gasteiger charge is 2.36. The molecule has 1 unspecified atom stereocenters. The molecule has 184 valence electrons. The number of hydrogen-bond acceptors (Lipinski definition) is 5. The normalized spacial score (nSPS) is 16.0. The number of nitrogens with one attached hydrogen (secondary N) is 2. The van der Waals surface area contributed by atoms with Crippen molar-refractivity contribution in [1.29, 1.82) is 0 Å². The van der Waals surface area contributed by atoms with Crippen molar-refractivity contribution >= 4 is 33.4 Å². The lowest BCUT2D eigenvalue weighted by Gasteiger charge is -2.35. The second kappa shape index (κ2) is 11.7. The number of ether oxygens (including phenoxy) is 1. The Bertz CT molecular complexity index is 1100. The summed E-state index contributed by atoms with van der Waals surface area (Å²) in [5.41, 5.74) is 0.385. The van der Waals surface area contributed by atoms with Gasteiger partial charge in [-0.1, -0.05) is 24.6 Å². The fourth-order valence-corrected chi connectivity index (χ4v) is 5.55. The Hall–Kier alpha value is -2.62. The Morgan fingerprint density at radius 3 is 2.44 bits per heavy atom. The summed E-state index contributed by atoms with van der Waals surface area (Å²) in [5.74, 6) is -0.313. The molecule has 0 aliphatic carbocycles. The summed E-state index contributed by atoms with van der Waals surface area (Å²) in [6.07, 6.45) is 1.64. The average Bonchev–Trinajstić information content (AvgIpc) is 2.86. The molecule has 1 heterocycles. The van der Waals surface area contributed by atoms with Gasteiger partial charge in [-0.25, -0.2) is 8.42 Å². The summed E-state index contributed by atoms with van der Waals surface area (Å²) in [4.78, 5) is 26.0. The van der Waals surface area contributed by atoms with E-state index in [1.807, 2.05) is 6.92 Å². The van der Waals surface area contributed by atoms with Crippen LogP contribution in [0.3, 0.4) is 0 Å². The van der Waals surface area contributed by atoms with Crippen LogP contribution in [0.5, 0.6) is 5.75 Å². The zero-order valence-electron chi connectivity index (χ0n) is 19.3. The van der Waals surface area contributed by atoms with E-state index in [4.69, 9.17) is 16.3 Å². The van der Waals surface area contributed by atoms with Crippen LogP contribution >= 0.6 is 11.6 Å². The molecule has 1 atom stereocenters. The van der Waals surface area contributed by atoms with Crippen LogP contribution in [-0.4, -0.2) is 57.3 Å². The first kappa shape index (κ1) is 26.0. The number of benzene rings is 2. The van der Waals surface area contributed by atoms with Gasteiger partial charge in [-0.3, -0.25) is 9.59 Å². The molecular weight excluding hydrogens is 478 g/mol. The topological polar surface area (TPSA) is 105 Å². The van der Waals surface area contributed by atoms with Crippen LogP contribution in [0.1, 0.15) is 36.5 Å². The lowest BCUT2D eigenvalue weighted by atomic mass is 9.89. The van der Waals surface area contributed by atoms with Gasteiger partial charge in [0, 0.05) is 30.2 Å². The van der Waals surface area contributed by atoms with E-state index in [1.165, 1.54) is 23.5 Å². The maximum Gasteiger partial charge on any atom is 0.252 e. The number of carbonyl (C=O) groups excluding carboxylic acids is 2. The molecule has 3 rings (SSSR count). The van der Waals surface area contributed by atoms with E-state index in [9.17, 15) is 18.0 Å². The van der Waals surface area contributed by atoms with Crippen LogP contribution in [0.25, 0.3) is 0 Å². The number of piperidine rings is 1. The van der Waals surface area contributed by atoms with Crippen LogP contribution < -0.4 is 15.4 Å². The van der Waals surface area contributed by atoms with Gasteiger partial charge in [0.15, 0.2) is 0 Å². The van der Waals surface area contributed by atoms with Gasteiger partial charge in [0.25, 0.3) is 5.91 Å². The molecule has 2 aromatic carbocycles. The van der Waals surface area contributed by atoms with Gasteiger partial charge in [-0.15, -0.1) is 0 Å². The molecule has 2 aromatic rings. The Morgan fingerprint density at radius 2 is 1.82 bits per heavy atom. The van der Waals surface area contributed by atoms with E-state index in [2.05, 4.69) is 10.6 Å². The lowest BCUT2D eigenvalue weighted by Crippen LogP contribution is -2.53. The summed E-state index contributed by atoms with van der Waals surface area (Å²) in [7, 11) is -2.15. The number of methoxy groups -OCH3 is 1. The van der Waals surface area contributed by atoms with E-state index in [-0.39, 0.29) is 35.7 Å². The van der Waals surface area contributed by atoms with Crippen LogP contribution in [0.4, 0.5) is 0 Å². The summed E-state index contributed by atoms with van der Waals surface area (Å²) in [5, 5.41) is 6.19. The van der Waals surface area contributed by atoms with Crippen LogP contribution in [0.2, 0.25) is 5.02 Å². The molecule has 0 saturated carbocycles.